The van der Waals surface area contributed by atoms with Crippen LogP contribution in [0.4, 0.5) is 4.39 Å². The lowest BCUT2D eigenvalue weighted by Crippen LogP contribution is -2.06. The molecule has 100 valence electrons. The Hall–Kier alpha value is -0.450. The molecule has 2 rings (SSSR count). The zero-order valence-electron chi connectivity index (χ0n) is 10.2. The van der Waals surface area contributed by atoms with E-state index >= 15 is 0 Å². The van der Waals surface area contributed by atoms with Gasteiger partial charge in [0.2, 0.25) is 0 Å². The molecule has 0 radical (unpaired) electrons. The molecular weight excluding hydrogens is 299 g/mol. The van der Waals surface area contributed by atoms with Crippen molar-refractivity contribution in [1.29, 1.82) is 0 Å². The molecule has 1 fully saturated rings. The van der Waals surface area contributed by atoms with Gasteiger partial charge in [0.25, 0.3) is 0 Å². The number of benzene rings is 1. The zero-order valence-corrected chi connectivity index (χ0v) is 11.8. The predicted molar refractivity (Wildman–Crippen MR) is 71.9 cm³/mol. The fourth-order valence-corrected chi connectivity index (χ4v) is 2.95. The second-order valence-corrected chi connectivity index (χ2v) is 5.60. The summed E-state index contributed by atoms with van der Waals surface area (Å²) >= 11 is 3.28. The lowest BCUT2D eigenvalue weighted by atomic mass is 10.0. The van der Waals surface area contributed by atoms with E-state index in [2.05, 4.69) is 15.9 Å². The average molecular weight is 317 g/mol. The minimum Gasteiger partial charge on any atom is -0.388 e. The minimum atomic E-state index is -0.540. The molecule has 1 aliphatic rings. The number of rotatable bonds is 5. The van der Waals surface area contributed by atoms with Gasteiger partial charge in [-0.3, -0.25) is 0 Å². The first-order chi connectivity index (χ1) is 8.66. The van der Waals surface area contributed by atoms with Crippen LogP contribution < -0.4 is 0 Å². The highest BCUT2D eigenvalue weighted by Gasteiger charge is 2.17. The summed E-state index contributed by atoms with van der Waals surface area (Å²) in [5.74, 6) is -0.294. The van der Waals surface area contributed by atoms with Crippen molar-refractivity contribution in [2.24, 2.45) is 0 Å². The molecule has 0 aliphatic carbocycles. The Morgan fingerprint density at radius 3 is 3.00 bits per heavy atom. The van der Waals surface area contributed by atoms with E-state index in [4.69, 9.17) is 4.74 Å². The number of aliphatic hydroxyl groups is 1. The van der Waals surface area contributed by atoms with E-state index in [0.29, 0.717) is 17.0 Å². The number of ether oxygens (including phenoxy) is 1. The highest BCUT2D eigenvalue weighted by molar-refractivity contribution is 9.10. The summed E-state index contributed by atoms with van der Waals surface area (Å²) in [5.41, 5.74) is 0.753. The molecule has 18 heavy (non-hydrogen) atoms. The summed E-state index contributed by atoms with van der Waals surface area (Å²) in [6.07, 6.45) is 4.72. The Labute approximate surface area is 115 Å². The van der Waals surface area contributed by atoms with Crippen molar-refractivity contribution < 1.29 is 14.2 Å². The van der Waals surface area contributed by atoms with Gasteiger partial charge in [-0.05, 0) is 49.8 Å². The maximum Gasteiger partial charge on any atom is 0.124 e. The van der Waals surface area contributed by atoms with Crippen molar-refractivity contribution >= 4 is 15.9 Å². The normalized spacial score (nSPS) is 21.2. The molecule has 1 heterocycles. The minimum absolute atomic E-state index is 0.294. The van der Waals surface area contributed by atoms with Crippen LogP contribution in [0, 0.1) is 5.82 Å². The first-order valence-electron chi connectivity index (χ1n) is 6.41. The fourth-order valence-electron chi connectivity index (χ4n) is 2.34. The van der Waals surface area contributed by atoms with Crippen molar-refractivity contribution in [3.05, 3.63) is 34.1 Å². The van der Waals surface area contributed by atoms with Crippen molar-refractivity contribution in [2.75, 3.05) is 6.61 Å². The van der Waals surface area contributed by atoms with Gasteiger partial charge >= 0.3 is 0 Å². The van der Waals surface area contributed by atoms with Gasteiger partial charge in [0.1, 0.15) is 5.82 Å². The van der Waals surface area contributed by atoms with Crippen LogP contribution in [0.15, 0.2) is 22.7 Å². The largest absolute Gasteiger partial charge is 0.388 e. The van der Waals surface area contributed by atoms with E-state index in [1.165, 1.54) is 12.1 Å². The second-order valence-electron chi connectivity index (χ2n) is 4.75. The lowest BCUT2D eigenvalue weighted by molar-refractivity contribution is 0.0944. The second kappa shape index (κ2) is 6.64. The Morgan fingerprint density at radius 2 is 2.33 bits per heavy atom. The summed E-state index contributed by atoms with van der Waals surface area (Å²) < 4.78 is 19.1. The molecule has 2 nitrogen and oxygen atoms in total. The highest BCUT2D eigenvalue weighted by Crippen LogP contribution is 2.28. The molecule has 4 heteroatoms. The van der Waals surface area contributed by atoms with E-state index in [1.54, 1.807) is 6.07 Å². The van der Waals surface area contributed by atoms with Gasteiger partial charge in [-0.2, -0.15) is 0 Å². The molecular formula is C14H18BrFO2. The Balaban J connectivity index is 1.81. The van der Waals surface area contributed by atoms with Gasteiger partial charge in [-0.1, -0.05) is 22.0 Å². The van der Waals surface area contributed by atoms with Crippen LogP contribution in [0.1, 0.15) is 43.8 Å². The van der Waals surface area contributed by atoms with E-state index in [-0.39, 0.29) is 5.82 Å². The van der Waals surface area contributed by atoms with Gasteiger partial charge < -0.3 is 9.84 Å². The van der Waals surface area contributed by atoms with E-state index in [0.717, 1.165) is 37.9 Å². The standard InChI is InChI=1S/C14H18BrFO2/c15-13-9-10(16)6-7-12(13)14(17)5-1-3-11-4-2-8-18-11/h6-7,9,11,14,17H,1-5,8H2. The van der Waals surface area contributed by atoms with E-state index in [1.807, 2.05) is 0 Å². The van der Waals surface area contributed by atoms with Crippen LogP contribution in [0.3, 0.4) is 0 Å². The third kappa shape index (κ3) is 3.77. The average Bonchev–Trinajstić information content (AvgIpc) is 2.81. The molecule has 1 aromatic carbocycles. The molecule has 0 bridgehead atoms. The smallest absolute Gasteiger partial charge is 0.124 e. The fraction of sp³-hybridized carbons (Fsp3) is 0.571. The van der Waals surface area contributed by atoms with Gasteiger partial charge in [0.15, 0.2) is 0 Å². The van der Waals surface area contributed by atoms with Crippen molar-refractivity contribution in [3.8, 4) is 0 Å². The summed E-state index contributed by atoms with van der Waals surface area (Å²) in [7, 11) is 0. The molecule has 0 saturated carbocycles. The predicted octanol–water partition coefficient (Wildman–Crippen LogP) is 3.97. The molecule has 2 atom stereocenters. The number of halogens is 2. The summed E-state index contributed by atoms with van der Waals surface area (Å²) in [5, 5.41) is 10.1. The van der Waals surface area contributed by atoms with Gasteiger partial charge in [-0.15, -0.1) is 0 Å². The van der Waals surface area contributed by atoms with Crippen LogP contribution in [-0.2, 0) is 4.74 Å². The third-order valence-corrected chi connectivity index (χ3v) is 4.04. The van der Waals surface area contributed by atoms with Gasteiger partial charge in [-0.25, -0.2) is 4.39 Å². The van der Waals surface area contributed by atoms with Crippen LogP contribution in [0.5, 0.6) is 0 Å². The van der Waals surface area contributed by atoms with Crippen molar-refractivity contribution in [3.63, 3.8) is 0 Å². The van der Waals surface area contributed by atoms with Gasteiger partial charge in [0, 0.05) is 11.1 Å². The molecule has 1 aromatic rings. The monoisotopic (exact) mass is 316 g/mol. The van der Waals surface area contributed by atoms with E-state index in [9.17, 15) is 9.50 Å². The van der Waals surface area contributed by atoms with Gasteiger partial charge in [0.05, 0.1) is 12.2 Å². The molecule has 1 aliphatic heterocycles. The van der Waals surface area contributed by atoms with Crippen molar-refractivity contribution in [2.45, 2.75) is 44.3 Å². The Morgan fingerprint density at radius 1 is 1.50 bits per heavy atom. The summed E-state index contributed by atoms with van der Waals surface area (Å²) in [6, 6.07) is 4.40. The van der Waals surface area contributed by atoms with Crippen LogP contribution in [0.2, 0.25) is 0 Å². The number of aliphatic hydroxyl groups excluding tert-OH is 1. The summed E-state index contributed by atoms with van der Waals surface area (Å²) in [6.45, 7) is 0.872. The molecule has 0 spiro atoms. The SMILES string of the molecule is OC(CCCC1CCCO1)c1ccc(F)cc1Br. The first kappa shape index (κ1) is 14.0. The highest BCUT2D eigenvalue weighted by atomic mass is 79.9. The lowest BCUT2D eigenvalue weighted by Gasteiger charge is -2.14. The molecule has 1 saturated heterocycles. The van der Waals surface area contributed by atoms with Crippen molar-refractivity contribution in [1.82, 2.24) is 0 Å². The molecule has 0 amide bonds. The molecule has 2 unspecified atom stereocenters. The number of hydrogen-bond acceptors (Lipinski definition) is 2. The maximum atomic E-state index is 12.9. The first-order valence-corrected chi connectivity index (χ1v) is 7.20. The summed E-state index contributed by atoms with van der Waals surface area (Å²) in [4.78, 5) is 0. The van der Waals surface area contributed by atoms with E-state index < -0.39 is 6.10 Å². The quantitative estimate of drug-likeness (QED) is 0.890. The maximum absolute atomic E-state index is 12.9. The van der Waals surface area contributed by atoms with Crippen LogP contribution >= 0.6 is 15.9 Å². The number of hydrogen-bond donors (Lipinski definition) is 1. The molecule has 0 aromatic heterocycles. The Kier molecular flexibility index (Phi) is 5.15. The molecule has 1 N–H and O–H groups in total. The Bertz CT molecular complexity index is 391. The zero-order chi connectivity index (χ0) is 13.0. The van der Waals surface area contributed by atoms with Crippen LogP contribution in [0.25, 0.3) is 0 Å². The van der Waals surface area contributed by atoms with Crippen LogP contribution in [-0.4, -0.2) is 17.8 Å². The third-order valence-electron chi connectivity index (χ3n) is 3.35. The topological polar surface area (TPSA) is 29.5 Å².